The Hall–Kier alpha value is -0.940. The summed E-state index contributed by atoms with van der Waals surface area (Å²) >= 11 is 7.84. The average molecular weight is 325 g/mol. The quantitative estimate of drug-likeness (QED) is 0.744. The summed E-state index contributed by atoms with van der Waals surface area (Å²) < 4.78 is 0. The van der Waals surface area contributed by atoms with E-state index in [0.29, 0.717) is 0 Å². The van der Waals surface area contributed by atoms with Crippen LogP contribution in [0.3, 0.4) is 0 Å². The van der Waals surface area contributed by atoms with Crippen molar-refractivity contribution in [2.45, 2.75) is 25.8 Å². The van der Waals surface area contributed by atoms with Gasteiger partial charge in [0, 0.05) is 24.1 Å². The Kier molecular flexibility index (Phi) is 6.64. The molecule has 0 atom stereocenters. The van der Waals surface area contributed by atoms with Crippen molar-refractivity contribution in [2.75, 3.05) is 20.2 Å². The van der Waals surface area contributed by atoms with Gasteiger partial charge in [-0.3, -0.25) is 0 Å². The lowest BCUT2D eigenvalue weighted by Gasteiger charge is -2.14. The standard InChI is InChI=1S/C16H21ClN2OS/c1-19(9-5-2-6-10-20)11-13-12-21-16(18-13)14-7-3-4-8-15(14)17/h3-4,7-8,12,20H,2,5-6,9-11H2,1H3. The lowest BCUT2D eigenvalue weighted by atomic mass is 10.2. The molecular weight excluding hydrogens is 304 g/mol. The van der Waals surface area contributed by atoms with Gasteiger partial charge in [-0.05, 0) is 38.9 Å². The highest BCUT2D eigenvalue weighted by atomic mass is 35.5. The molecule has 0 unspecified atom stereocenters. The zero-order valence-corrected chi connectivity index (χ0v) is 13.8. The van der Waals surface area contributed by atoms with E-state index in [0.717, 1.165) is 53.6 Å². The summed E-state index contributed by atoms with van der Waals surface area (Å²) in [4.78, 5) is 6.94. The Balaban J connectivity index is 1.90. The Morgan fingerprint density at radius 2 is 2.05 bits per heavy atom. The van der Waals surface area contributed by atoms with Gasteiger partial charge in [0.15, 0.2) is 0 Å². The number of hydrogen-bond acceptors (Lipinski definition) is 4. The van der Waals surface area contributed by atoms with Crippen molar-refractivity contribution in [3.05, 3.63) is 40.4 Å². The van der Waals surface area contributed by atoms with Crippen LogP contribution < -0.4 is 0 Å². The number of unbranched alkanes of at least 4 members (excludes halogenated alkanes) is 2. The van der Waals surface area contributed by atoms with E-state index < -0.39 is 0 Å². The van der Waals surface area contributed by atoms with Crippen LogP contribution >= 0.6 is 22.9 Å². The minimum Gasteiger partial charge on any atom is -0.396 e. The lowest BCUT2D eigenvalue weighted by molar-refractivity contribution is 0.270. The molecule has 1 heterocycles. The molecule has 2 aromatic rings. The van der Waals surface area contributed by atoms with E-state index in [1.807, 2.05) is 24.3 Å². The maximum Gasteiger partial charge on any atom is 0.125 e. The largest absolute Gasteiger partial charge is 0.396 e. The maximum absolute atomic E-state index is 8.77. The summed E-state index contributed by atoms with van der Waals surface area (Å²) in [6.45, 7) is 2.16. The topological polar surface area (TPSA) is 36.4 Å². The number of benzene rings is 1. The fraction of sp³-hybridized carbons (Fsp3) is 0.438. The Morgan fingerprint density at radius 1 is 1.24 bits per heavy atom. The van der Waals surface area contributed by atoms with Gasteiger partial charge in [-0.2, -0.15) is 0 Å². The molecule has 0 aliphatic rings. The summed E-state index contributed by atoms with van der Waals surface area (Å²) in [7, 11) is 2.10. The van der Waals surface area contributed by atoms with Gasteiger partial charge in [-0.1, -0.05) is 29.8 Å². The molecule has 0 bridgehead atoms. The molecule has 0 aliphatic carbocycles. The van der Waals surface area contributed by atoms with Crippen molar-refractivity contribution in [1.29, 1.82) is 0 Å². The lowest BCUT2D eigenvalue weighted by Crippen LogP contribution is -2.19. The molecule has 1 N–H and O–H groups in total. The van der Waals surface area contributed by atoms with Crippen molar-refractivity contribution in [1.82, 2.24) is 9.88 Å². The summed E-state index contributed by atoms with van der Waals surface area (Å²) in [5.74, 6) is 0. The van der Waals surface area contributed by atoms with Crippen LogP contribution in [0.2, 0.25) is 5.02 Å². The van der Waals surface area contributed by atoms with Crippen molar-refractivity contribution in [3.8, 4) is 10.6 Å². The third kappa shape index (κ3) is 5.08. The van der Waals surface area contributed by atoms with Gasteiger partial charge in [0.05, 0.1) is 10.7 Å². The Morgan fingerprint density at radius 3 is 2.81 bits per heavy atom. The smallest absolute Gasteiger partial charge is 0.125 e. The number of aliphatic hydroxyl groups is 1. The van der Waals surface area contributed by atoms with E-state index >= 15 is 0 Å². The summed E-state index contributed by atoms with van der Waals surface area (Å²) in [6.07, 6.45) is 3.07. The van der Waals surface area contributed by atoms with Crippen LogP contribution in [0.25, 0.3) is 10.6 Å². The van der Waals surface area contributed by atoms with E-state index in [1.165, 1.54) is 0 Å². The molecular formula is C16H21ClN2OS. The molecule has 0 amide bonds. The van der Waals surface area contributed by atoms with Crippen LogP contribution in [0, 0.1) is 0 Å². The summed E-state index contributed by atoms with van der Waals surface area (Å²) in [5, 5.41) is 12.6. The second-order valence-corrected chi connectivity index (χ2v) is 6.41. The maximum atomic E-state index is 8.77. The highest BCUT2D eigenvalue weighted by molar-refractivity contribution is 7.13. The van der Waals surface area contributed by atoms with Gasteiger partial charge >= 0.3 is 0 Å². The molecule has 0 fully saturated rings. The monoisotopic (exact) mass is 324 g/mol. The zero-order valence-electron chi connectivity index (χ0n) is 12.3. The van der Waals surface area contributed by atoms with E-state index in [-0.39, 0.29) is 6.61 Å². The average Bonchev–Trinajstić information content (AvgIpc) is 2.92. The number of hydrogen-bond donors (Lipinski definition) is 1. The molecule has 1 aromatic carbocycles. The first-order valence-corrected chi connectivity index (χ1v) is 8.45. The van der Waals surface area contributed by atoms with Crippen molar-refractivity contribution >= 4 is 22.9 Å². The Labute approximate surface area is 135 Å². The third-order valence-corrected chi connectivity index (χ3v) is 4.54. The van der Waals surface area contributed by atoms with Gasteiger partial charge in [0.2, 0.25) is 0 Å². The zero-order chi connectivity index (χ0) is 15.1. The fourth-order valence-corrected chi connectivity index (χ4v) is 3.29. The van der Waals surface area contributed by atoms with Crippen molar-refractivity contribution < 1.29 is 5.11 Å². The van der Waals surface area contributed by atoms with Crippen LogP contribution in [-0.4, -0.2) is 35.2 Å². The molecule has 5 heteroatoms. The van der Waals surface area contributed by atoms with Crippen LogP contribution in [-0.2, 0) is 6.54 Å². The van der Waals surface area contributed by atoms with E-state index in [2.05, 4.69) is 22.3 Å². The second kappa shape index (κ2) is 8.49. The van der Waals surface area contributed by atoms with Gasteiger partial charge in [0.1, 0.15) is 5.01 Å². The van der Waals surface area contributed by atoms with E-state index in [9.17, 15) is 0 Å². The summed E-state index contributed by atoms with van der Waals surface area (Å²) in [5.41, 5.74) is 2.08. The van der Waals surface area contributed by atoms with Crippen molar-refractivity contribution in [3.63, 3.8) is 0 Å². The second-order valence-electron chi connectivity index (χ2n) is 5.15. The van der Waals surface area contributed by atoms with E-state index in [4.69, 9.17) is 16.7 Å². The predicted molar refractivity (Wildman–Crippen MR) is 89.8 cm³/mol. The number of aliphatic hydroxyl groups excluding tert-OH is 1. The minimum absolute atomic E-state index is 0.289. The first-order valence-electron chi connectivity index (χ1n) is 7.19. The first-order chi connectivity index (χ1) is 10.2. The molecule has 0 aliphatic heterocycles. The molecule has 3 nitrogen and oxygen atoms in total. The molecule has 21 heavy (non-hydrogen) atoms. The number of aromatic nitrogens is 1. The number of halogens is 1. The van der Waals surface area contributed by atoms with Gasteiger partial charge in [-0.15, -0.1) is 11.3 Å². The third-order valence-electron chi connectivity index (χ3n) is 3.29. The van der Waals surface area contributed by atoms with Crippen LogP contribution in [0.5, 0.6) is 0 Å². The molecule has 114 valence electrons. The van der Waals surface area contributed by atoms with Crippen LogP contribution in [0.15, 0.2) is 29.6 Å². The first kappa shape index (κ1) is 16.4. The molecule has 0 saturated heterocycles. The minimum atomic E-state index is 0.289. The highest BCUT2D eigenvalue weighted by Gasteiger charge is 2.09. The van der Waals surface area contributed by atoms with Gasteiger partial charge < -0.3 is 10.0 Å². The molecule has 1 aromatic heterocycles. The molecule has 0 spiro atoms. The number of thiazole rings is 1. The molecule has 2 rings (SSSR count). The van der Waals surface area contributed by atoms with E-state index in [1.54, 1.807) is 11.3 Å². The SMILES string of the molecule is CN(CCCCCO)Cc1csc(-c2ccccc2Cl)n1. The van der Waals surface area contributed by atoms with Gasteiger partial charge in [0.25, 0.3) is 0 Å². The number of rotatable bonds is 8. The molecule has 0 saturated carbocycles. The fourth-order valence-electron chi connectivity index (χ4n) is 2.16. The summed E-state index contributed by atoms with van der Waals surface area (Å²) in [6, 6.07) is 7.81. The highest BCUT2D eigenvalue weighted by Crippen LogP contribution is 2.30. The van der Waals surface area contributed by atoms with Crippen LogP contribution in [0.1, 0.15) is 25.0 Å². The van der Waals surface area contributed by atoms with Crippen LogP contribution in [0.4, 0.5) is 0 Å². The number of nitrogens with zero attached hydrogens (tertiary/aromatic N) is 2. The normalized spacial score (nSPS) is 11.2. The molecule has 0 radical (unpaired) electrons. The predicted octanol–water partition coefficient (Wildman–Crippen LogP) is 4.06. The van der Waals surface area contributed by atoms with Gasteiger partial charge in [-0.25, -0.2) is 4.98 Å². The van der Waals surface area contributed by atoms with Crippen molar-refractivity contribution in [2.24, 2.45) is 0 Å². The Bertz CT molecular complexity index is 559.